The van der Waals surface area contributed by atoms with Crippen LogP contribution in [0.25, 0.3) is 22.4 Å². The average Bonchev–Trinajstić information content (AvgIpc) is 3.40. The van der Waals surface area contributed by atoms with Crippen LogP contribution < -0.4 is 0 Å². The van der Waals surface area contributed by atoms with E-state index >= 15 is 0 Å². The lowest BCUT2D eigenvalue weighted by atomic mass is 10.1. The first kappa shape index (κ1) is 17.5. The highest BCUT2D eigenvalue weighted by Crippen LogP contribution is 2.30. The highest BCUT2D eigenvalue weighted by atomic mass is 19.1. The Kier molecular flexibility index (Phi) is 4.12. The lowest BCUT2D eigenvalue weighted by molar-refractivity contribution is -0.128. The van der Waals surface area contributed by atoms with Crippen LogP contribution in [0, 0.1) is 11.6 Å². The second kappa shape index (κ2) is 6.80. The lowest BCUT2D eigenvalue weighted by Gasteiger charge is -2.16. The number of hydrogen-bond acceptors (Lipinski definition) is 4. The fraction of sp³-hybridized carbons (Fsp3) is 0.190. The van der Waals surface area contributed by atoms with Crippen molar-refractivity contribution in [2.75, 3.05) is 6.54 Å². The number of aromatic nitrogens is 3. The molecule has 5 rings (SSSR count). The zero-order valence-corrected chi connectivity index (χ0v) is 15.2. The molecular formula is C21H16F2N4O2. The van der Waals surface area contributed by atoms with E-state index in [-0.39, 0.29) is 24.8 Å². The largest absolute Gasteiger partial charge is 0.361 e. The third kappa shape index (κ3) is 3.37. The van der Waals surface area contributed by atoms with Gasteiger partial charge in [-0.2, -0.15) is 4.98 Å². The van der Waals surface area contributed by atoms with Crippen molar-refractivity contribution in [2.45, 2.75) is 18.9 Å². The Balaban J connectivity index is 1.33. The van der Waals surface area contributed by atoms with Crippen molar-refractivity contribution < 1.29 is 18.1 Å². The van der Waals surface area contributed by atoms with Gasteiger partial charge in [0.1, 0.15) is 11.6 Å². The van der Waals surface area contributed by atoms with Crippen molar-refractivity contribution >= 4 is 16.8 Å². The van der Waals surface area contributed by atoms with Crippen molar-refractivity contribution in [1.29, 1.82) is 0 Å². The van der Waals surface area contributed by atoms with Gasteiger partial charge in [-0.05, 0) is 41.3 Å². The van der Waals surface area contributed by atoms with E-state index in [1.54, 1.807) is 4.90 Å². The summed E-state index contributed by atoms with van der Waals surface area (Å²) in [6.45, 7) is 0.504. The minimum absolute atomic E-state index is 0.112. The summed E-state index contributed by atoms with van der Waals surface area (Å²) in [6, 6.07) is 11.0. The molecule has 3 heterocycles. The van der Waals surface area contributed by atoms with Crippen LogP contribution in [-0.4, -0.2) is 32.5 Å². The smallest absolute Gasteiger partial charge is 0.258 e. The molecule has 0 bridgehead atoms. The summed E-state index contributed by atoms with van der Waals surface area (Å²) < 4.78 is 32.2. The number of halogens is 2. The molecule has 1 atom stereocenters. The molecule has 2 aromatic carbocycles. The number of aromatic amines is 1. The van der Waals surface area contributed by atoms with Gasteiger partial charge in [0, 0.05) is 48.8 Å². The predicted molar refractivity (Wildman–Crippen MR) is 101 cm³/mol. The molecule has 4 aromatic rings. The Bertz CT molecular complexity index is 1200. The summed E-state index contributed by atoms with van der Waals surface area (Å²) in [5, 5.41) is 5.13. The standard InChI is InChI=1S/C21H16F2N4O2/c22-16-5-12(6-17(23)9-16)10-27-11-15(8-19(27)28)20-25-21(29-26-20)14-2-1-13-3-4-24-18(13)7-14/h1-7,9,15,24H,8,10-11H2. The van der Waals surface area contributed by atoms with E-state index in [4.69, 9.17) is 4.52 Å². The van der Waals surface area contributed by atoms with Crippen LogP contribution in [0.1, 0.15) is 23.7 Å². The van der Waals surface area contributed by atoms with E-state index in [2.05, 4.69) is 15.1 Å². The van der Waals surface area contributed by atoms with Crippen LogP contribution in [0.15, 0.2) is 53.2 Å². The zero-order chi connectivity index (χ0) is 20.0. The number of benzene rings is 2. The maximum Gasteiger partial charge on any atom is 0.258 e. The average molecular weight is 394 g/mol. The van der Waals surface area contributed by atoms with Crippen LogP contribution >= 0.6 is 0 Å². The first-order valence-corrected chi connectivity index (χ1v) is 9.19. The zero-order valence-electron chi connectivity index (χ0n) is 15.2. The Hall–Kier alpha value is -3.55. The highest BCUT2D eigenvalue weighted by Gasteiger charge is 2.34. The van der Waals surface area contributed by atoms with Gasteiger partial charge in [0.15, 0.2) is 5.82 Å². The third-order valence-electron chi connectivity index (χ3n) is 5.12. The molecule has 146 valence electrons. The van der Waals surface area contributed by atoms with Crippen molar-refractivity contribution in [1.82, 2.24) is 20.0 Å². The fourth-order valence-electron chi connectivity index (χ4n) is 3.72. The van der Waals surface area contributed by atoms with Crippen molar-refractivity contribution in [2.24, 2.45) is 0 Å². The first-order chi connectivity index (χ1) is 14.0. The summed E-state index contributed by atoms with van der Waals surface area (Å²) in [7, 11) is 0. The minimum atomic E-state index is -0.662. The summed E-state index contributed by atoms with van der Waals surface area (Å²) in [4.78, 5) is 21.5. The first-order valence-electron chi connectivity index (χ1n) is 9.19. The third-order valence-corrected chi connectivity index (χ3v) is 5.12. The molecule has 1 unspecified atom stereocenters. The number of hydrogen-bond donors (Lipinski definition) is 1. The van der Waals surface area contributed by atoms with Gasteiger partial charge in [-0.25, -0.2) is 8.78 Å². The van der Waals surface area contributed by atoms with E-state index in [0.29, 0.717) is 23.8 Å². The van der Waals surface area contributed by atoms with Crippen LogP contribution in [-0.2, 0) is 11.3 Å². The second-order valence-electron chi connectivity index (χ2n) is 7.19. The number of rotatable bonds is 4. The second-order valence-corrected chi connectivity index (χ2v) is 7.19. The Morgan fingerprint density at radius 2 is 1.97 bits per heavy atom. The molecule has 1 fully saturated rings. The maximum absolute atomic E-state index is 13.4. The molecule has 29 heavy (non-hydrogen) atoms. The van der Waals surface area contributed by atoms with Gasteiger partial charge < -0.3 is 14.4 Å². The summed E-state index contributed by atoms with van der Waals surface area (Å²) in [6.07, 6.45) is 2.09. The van der Waals surface area contributed by atoms with Gasteiger partial charge in [-0.15, -0.1) is 0 Å². The molecule has 0 spiro atoms. The van der Waals surface area contributed by atoms with Gasteiger partial charge >= 0.3 is 0 Å². The number of amides is 1. The Morgan fingerprint density at radius 3 is 2.79 bits per heavy atom. The molecule has 8 heteroatoms. The predicted octanol–water partition coefficient (Wildman–Crippen LogP) is 4.01. The maximum atomic E-state index is 13.4. The molecule has 1 N–H and O–H groups in total. The number of H-pyrrole nitrogens is 1. The Morgan fingerprint density at radius 1 is 1.14 bits per heavy atom. The topological polar surface area (TPSA) is 75.0 Å². The van der Waals surface area contributed by atoms with Crippen molar-refractivity contribution in [3.63, 3.8) is 0 Å². The molecule has 0 radical (unpaired) electrons. The number of carbonyl (C=O) groups excluding carboxylic acids is 1. The minimum Gasteiger partial charge on any atom is -0.361 e. The van der Waals surface area contributed by atoms with E-state index in [9.17, 15) is 13.6 Å². The van der Waals surface area contributed by atoms with Crippen LogP contribution in [0.5, 0.6) is 0 Å². The van der Waals surface area contributed by atoms with Crippen molar-refractivity contribution in [3.8, 4) is 11.5 Å². The van der Waals surface area contributed by atoms with E-state index in [1.807, 2.05) is 30.5 Å². The molecule has 1 aliphatic rings. The highest BCUT2D eigenvalue weighted by molar-refractivity contribution is 5.83. The molecule has 0 saturated carbocycles. The van der Waals surface area contributed by atoms with Crippen LogP contribution in [0.4, 0.5) is 8.78 Å². The van der Waals surface area contributed by atoms with E-state index < -0.39 is 11.6 Å². The normalized spacial score (nSPS) is 16.8. The monoisotopic (exact) mass is 394 g/mol. The fourth-order valence-corrected chi connectivity index (χ4v) is 3.72. The quantitative estimate of drug-likeness (QED) is 0.568. The van der Waals surface area contributed by atoms with Crippen LogP contribution in [0.3, 0.4) is 0 Å². The molecular weight excluding hydrogens is 378 g/mol. The summed E-state index contributed by atoms with van der Waals surface area (Å²) in [5.74, 6) is -0.830. The SMILES string of the molecule is O=C1CC(c2noc(-c3ccc4cc[nH]c4c3)n2)CN1Cc1cc(F)cc(F)c1. The Labute approximate surface area is 164 Å². The molecule has 2 aromatic heterocycles. The molecule has 6 nitrogen and oxygen atoms in total. The molecule has 1 amide bonds. The van der Waals surface area contributed by atoms with Gasteiger partial charge in [-0.3, -0.25) is 4.79 Å². The summed E-state index contributed by atoms with van der Waals surface area (Å²) in [5.41, 5.74) is 2.16. The van der Waals surface area contributed by atoms with Gasteiger partial charge in [0.25, 0.3) is 5.89 Å². The number of fused-ring (bicyclic) bond motifs is 1. The van der Waals surface area contributed by atoms with Gasteiger partial charge in [0.2, 0.25) is 5.91 Å². The number of likely N-dealkylation sites (tertiary alicyclic amines) is 1. The number of nitrogens with zero attached hydrogens (tertiary/aromatic N) is 3. The number of carbonyl (C=O) groups is 1. The van der Waals surface area contributed by atoms with Gasteiger partial charge in [0.05, 0.1) is 0 Å². The summed E-state index contributed by atoms with van der Waals surface area (Å²) >= 11 is 0. The molecule has 0 aliphatic carbocycles. The van der Waals surface area contributed by atoms with E-state index in [1.165, 1.54) is 12.1 Å². The van der Waals surface area contributed by atoms with Crippen molar-refractivity contribution in [3.05, 3.63) is 71.7 Å². The van der Waals surface area contributed by atoms with Crippen LogP contribution in [0.2, 0.25) is 0 Å². The van der Waals surface area contributed by atoms with E-state index in [0.717, 1.165) is 22.5 Å². The number of nitrogens with one attached hydrogen (secondary N) is 1. The van der Waals surface area contributed by atoms with Gasteiger partial charge in [-0.1, -0.05) is 11.2 Å². The molecule has 1 aliphatic heterocycles. The lowest BCUT2D eigenvalue weighted by Crippen LogP contribution is -2.24. The molecule has 1 saturated heterocycles.